The number of nitrogens with zero attached hydrogens (tertiary/aromatic N) is 1. The van der Waals surface area contributed by atoms with Gasteiger partial charge < -0.3 is 4.48 Å². The number of quaternary nitrogens is 1. The van der Waals surface area contributed by atoms with Crippen molar-refractivity contribution in [1.29, 1.82) is 0 Å². The number of halogens is 4. The maximum absolute atomic E-state index is 9.83. The van der Waals surface area contributed by atoms with Gasteiger partial charge in [0.05, 0.1) is 28.2 Å². The molecule has 0 aromatic heterocycles. The van der Waals surface area contributed by atoms with Gasteiger partial charge in [0.1, 0.15) is 0 Å². The van der Waals surface area contributed by atoms with Crippen LogP contribution in [0.3, 0.4) is 0 Å². The molecule has 10 heavy (non-hydrogen) atoms. The van der Waals surface area contributed by atoms with Crippen LogP contribution >= 0.6 is 8.51 Å². The quantitative estimate of drug-likeness (QED) is 0.307. The van der Waals surface area contributed by atoms with Crippen molar-refractivity contribution in [1.82, 2.24) is 0 Å². The van der Waals surface area contributed by atoms with Gasteiger partial charge in [0.2, 0.25) is 0 Å². The first-order valence-corrected chi connectivity index (χ1v) is 4.06. The van der Waals surface area contributed by atoms with Crippen LogP contribution in [0.25, 0.3) is 0 Å². The molecule has 0 saturated heterocycles. The van der Waals surface area contributed by atoms with Crippen LogP contribution in [0.4, 0.5) is 16.8 Å². The molecule has 0 N–H and O–H groups in total. The van der Waals surface area contributed by atoms with Crippen LogP contribution < -0.4 is 0 Å². The Balaban J connectivity index is 0. The van der Waals surface area contributed by atoms with Gasteiger partial charge in [0.15, 0.2) is 0 Å². The van der Waals surface area contributed by atoms with Crippen molar-refractivity contribution in [3.63, 3.8) is 0 Å². The van der Waals surface area contributed by atoms with Crippen molar-refractivity contribution >= 4 is 8.51 Å². The Bertz CT molecular complexity index is 60.2. The number of rotatable bonds is 0. The molecule has 0 heterocycles. The third-order valence-electron chi connectivity index (χ3n) is 0. The molecule has 0 rings (SSSR count). The molecule has 0 fully saturated rings. The summed E-state index contributed by atoms with van der Waals surface area (Å²) in [6.45, 7) is 0. The molecule has 0 unspecified atom stereocenters. The molecule has 6 heteroatoms. The van der Waals surface area contributed by atoms with Gasteiger partial charge in [-0.2, -0.15) is 0 Å². The van der Waals surface area contributed by atoms with Crippen LogP contribution in [0.2, 0.25) is 0 Å². The van der Waals surface area contributed by atoms with E-state index in [0.29, 0.717) is 0 Å². The molecule has 0 aliphatic heterocycles. The Labute approximate surface area is 59.0 Å². The van der Waals surface area contributed by atoms with Crippen LogP contribution in [0.5, 0.6) is 0 Å². The van der Waals surface area contributed by atoms with E-state index >= 15 is 0 Å². The molecule has 0 saturated carbocycles. The van der Waals surface area contributed by atoms with Crippen LogP contribution in [-0.4, -0.2) is 32.7 Å². The Morgan fingerprint density at radius 1 is 0.800 bits per heavy atom. The number of hydrogen-bond acceptors (Lipinski definition) is 0. The number of hydrogen-bond donors (Lipinski definition) is 0. The van der Waals surface area contributed by atoms with Crippen molar-refractivity contribution in [3.8, 4) is 0 Å². The standard InChI is InChI=1S/C4H12N.F4HP/c2*1-5(2,3)4/h1-4H3;5H/q+1;-1. The molecule has 67 valence electrons. The third kappa shape index (κ3) is 33900. The van der Waals surface area contributed by atoms with Gasteiger partial charge in [-0.3, -0.25) is 0 Å². The van der Waals surface area contributed by atoms with Gasteiger partial charge in [-0.1, -0.05) is 0 Å². The zero-order valence-electron chi connectivity index (χ0n) is 6.46. The predicted molar refractivity (Wildman–Crippen MR) is 36.7 cm³/mol. The molecule has 0 radical (unpaired) electrons. The average molecular weight is 182 g/mol. The van der Waals surface area contributed by atoms with Crippen molar-refractivity contribution in [3.05, 3.63) is 0 Å². The van der Waals surface area contributed by atoms with E-state index in [4.69, 9.17) is 0 Å². The van der Waals surface area contributed by atoms with Gasteiger partial charge in [-0.15, -0.1) is 0 Å². The Kier molecular flexibility index (Phi) is 5.21. The van der Waals surface area contributed by atoms with Gasteiger partial charge in [0.25, 0.3) is 0 Å². The maximum atomic E-state index is 9.83. The minimum absolute atomic E-state index is 1.00. The second kappa shape index (κ2) is 4.09. The summed E-state index contributed by atoms with van der Waals surface area (Å²) in [5, 5.41) is 0. The topological polar surface area (TPSA) is 0 Å². The Morgan fingerprint density at radius 3 is 0.800 bits per heavy atom. The monoisotopic (exact) mass is 182 g/mol. The minimum atomic E-state index is -6.61. The summed E-state index contributed by atoms with van der Waals surface area (Å²) in [5.74, 6) is 0. The normalized spacial score (nSPS) is 13.6. The fourth-order valence-electron chi connectivity index (χ4n) is 0. The predicted octanol–water partition coefficient (Wildman–Crippen LogP) is 2.60. The summed E-state index contributed by atoms with van der Waals surface area (Å²) in [6.07, 6.45) is 0. The SMILES string of the molecule is C[N+](C)(C)C.F[PH-](F)(F)F. The third-order valence-corrected chi connectivity index (χ3v) is 0. The van der Waals surface area contributed by atoms with Crippen LogP contribution in [-0.2, 0) is 0 Å². The first-order chi connectivity index (χ1) is 4.00. The van der Waals surface area contributed by atoms with Crippen LogP contribution in [0.15, 0.2) is 0 Å². The van der Waals surface area contributed by atoms with E-state index in [1.165, 1.54) is 0 Å². The molecule has 0 aliphatic rings. The second-order valence-electron chi connectivity index (χ2n) is 3.11. The first-order valence-electron chi connectivity index (χ1n) is 2.54. The second-order valence-corrected chi connectivity index (χ2v) is 3.97. The Hall–Kier alpha value is 0.110. The van der Waals surface area contributed by atoms with E-state index in [9.17, 15) is 16.8 Å². The van der Waals surface area contributed by atoms with Gasteiger partial charge in [-0.05, 0) is 0 Å². The molecule has 0 aromatic rings. The molecular formula is C4H13F4NP. The van der Waals surface area contributed by atoms with E-state index < -0.39 is 8.51 Å². The molecule has 0 amide bonds. The van der Waals surface area contributed by atoms with Gasteiger partial charge in [-0.25, -0.2) is 0 Å². The van der Waals surface area contributed by atoms with Crippen molar-refractivity contribution in [2.24, 2.45) is 0 Å². The van der Waals surface area contributed by atoms with Crippen molar-refractivity contribution < 1.29 is 21.3 Å². The fraction of sp³-hybridized carbons (Fsp3) is 1.00. The van der Waals surface area contributed by atoms with Crippen molar-refractivity contribution in [2.75, 3.05) is 28.2 Å². The zero-order chi connectivity index (χ0) is 9.00. The van der Waals surface area contributed by atoms with E-state index in [0.717, 1.165) is 4.48 Å². The Morgan fingerprint density at radius 2 is 0.800 bits per heavy atom. The van der Waals surface area contributed by atoms with E-state index in [1.54, 1.807) is 0 Å². The molecular weight excluding hydrogens is 169 g/mol. The summed E-state index contributed by atoms with van der Waals surface area (Å²) in [6, 6.07) is 0. The van der Waals surface area contributed by atoms with E-state index in [1.807, 2.05) is 0 Å². The van der Waals surface area contributed by atoms with E-state index in [2.05, 4.69) is 28.2 Å². The van der Waals surface area contributed by atoms with Gasteiger partial charge in [0, 0.05) is 0 Å². The van der Waals surface area contributed by atoms with Crippen LogP contribution in [0.1, 0.15) is 0 Å². The molecule has 0 bridgehead atoms. The van der Waals surface area contributed by atoms with Crippen molar-refractivity contribution in [2.45, 2.75) is 0 Å². The fourth-order valence-corrected chi connectivity index (χ4v) is 0. The first kappa shape index (κ1) is 12.8. The molecule has 0 aliphatic carbocycles. The summed E-state index contributed by atoms with van der Waals surface area (Å²) >= 11 is 0. The summed E-state index contributed by atoms with van der Waals surface area (Å²) in [7, 11) is 1.89. The molecule has 0 aromatic carbocycles. The molecule has 0 atom stereocenters. The summed E-state index contributed by atoms with van der Waals surface area (Å²) in [4.78, 5) is 0. The van der Waals surface area contributed by atoms with E-state index in [-0.39, 0.29) is 0 Å². The zero-order valence-corrected chi connectivity index (χ0v) is 7.46. The molecule has 0 spiro atoms. The summed E-state index contributed by atoms with van der Waals surface area (Å²) < 4.78 is 40.3. The van der Waals surface area contributed by atoms with Crippen LogP contribution in [0, 0.1) is 0 Å². The van der Waals surface area contributed by atoms with Gasteiger partial charge >= 0.3 is 25.3 Å². The molecule has 1 nitrogen and oxygen atoms in total. The average Bonchev–Trinajstić information content (AvgIpc) is 1.12. The summed E-state index contributed by atoms with van der Waals surface area (Å²) in [5.41, 5.74) is 0.